The molecule has 0 aliphatic heterocycles. The molecule has 16 nitrogen and oxygen atoms in total. The molecule has 0 saturated carbocycles. The molecular formula is C51H40Cl2N6O10. The molecule has 0 bridgehead atoms. The second-order valence-corrected chi connectivity index (χ2v) is 15.6. The number of non-ortho nitro benzene ring substituents is 1. The van der Waals surface area contributed by atoms with Crippen molar-refractivity contribution in [2.45, 2.75) is 6.92 Å². The molecule has 0 radical (unpaired) electrons. The van der Waals surface area contributed by atoms with Crippen molar-refractivity contribution >= 4 is 86.9 Å². The number of rotatable bonds is 16. The third-order valence-electron chi connectivity index (χ3n) is 10.3. The Kier molecular flexibility index (Phi) is 15.2. The van der Waals surface area contributed by atoms with E-state index in [1.54, 1.807) is 79.7 Å². The van der Waals surface area contributed by atoms with Gasteiger partial charge in [0.2, 0.25) is 0 Å². The number of carbonyl (C=O) groups excluding carboxylic acids is 5. The highest BCUT2D eigenvalue weighted by molar-refractivity contribution is 6.38. The lowest BCUT2D eigenvalue weighted by Crippen LogP contribution is -2.21. The van der Waals surface area contributed by atoms with E-state index in [0.29, 0.717) is 35.2 Å². The van der Waals surface area contributed by atoms with Crippen LogP contribution in [0.15, 0.2) is 146 Å². The van der Waals surface area contributed by atoms with E-state index in [1.807, 2.05) is 0 Å². The minimum absolute atomic E-state index is 0.0262. The number of methoxy groups -OCH3 is 2. The van der Waals surface area contributed by atoms with Crippen molar-refractivity contribution in [3.63, 3.8) is 0 Å². The van der Waals surface area contributed by atoms with Gasteiger partial charge in [0.25, 0.3) is 35.2 Å². The minimum Gasteiger partial charge on any atom is -0.497 e. The molecule has 7 aromatic carbocycles. The fraction of sp³-hybridized carbons (Fsp3) is 0.0784. The van der Waals surface area contributed by atoms with E-state index in [9.17, 15) is 34.1 Å². The summed E-state index contributed by atoms with van der Waals surface area (Å²) in [6.07, 6.45) is 0. The second-order valence-electron chi connectivity index (χ2n) is 14.7. The molecule has 348 valence electrons. The van der Waals surface area contributed by atoms with Crippen molar-refractivity contribution < 1.29 is 43.1 Å². The van der Waals surface area contributed by atoms with Crippen LogP contribution in [0.1, 0.15) is 58.7 Å². The SMILES string of the molecule is CCOc1ccccc1NC(=O)c1cc(Cl)cc(Cl)c1NC(=O)c1cc(-c2cccc(C(=O)Nc3ccccc3C(=O)Nc3ccccc3OC)c2NC(=O)c2ccc(OC)cc2)cc([N+](=O)[O-])c1. The van der Waals surface area contributed by atoms with E-state index in [0.717, 1.165) is 12.1 Å². The Morgan fingerprint density at radius 3 is 1.77 bits per heavy atom. The normalized spacial score (nSPS) is 10.6. The maximum atomic E-state index is 14.5. The van der Waals surface area contributed by atoms with Gasteiger partial charge in [-0.2, -0.15) is 0 Å². The zero-order valence-electron chi connectivity index (χ0n) is 36.8. The number of anilines is 5. The monoisotopic (exact) mass is 966 g/mol. The van der Waals surface area contributed by atoms with Crippen LogP contribution in [0.4, 0.5) is 34.1 Å². The van der Waals surface area contributed by atoms with Crippen molar-refractivity contribution in [3.05, 3.63) is 194 Å². The van der Waals surface area contributed by atoms with Crippen LogP contribution < -0.4 is 40.8 Å². The lowest BCUT2D eigenvalue weighted by Gasteiger charge is -2.18. The van der Waals surface area contributed by atoms with Crippen molar-refractivity contribution in [2.24, 2.45) is 0 Å². The highest BCUT2D eigenvalue weighted by atomic mass is 35.5. The predicted molar refractivity (Wildman–Crippen MR) is 265 cm³/mol. The molecule has 0 aromatic heterocycles. The van der Waals surface area contributed by atoms with E-state index >= 15 is 0 Å². The Bertz CT molecular complexity index is 3150. The van der Waals surface area contributed by atoms with E-state index in [1.165, 1.54) is 74.9 Å². The first-order valence-electron chi connectivity index (χ1n) is 20.8. The van der Waals surface area contributed by atoms with Crippen LogP contribution in [0, 0.1) is 10.1 Å². The molecule has 0 aliphatic carbocycles. The molecule has 0 atom stereocenters. The van der Waals surface area contributed by atoms with Crippen LogP contribution in [0.5, 0.6) is 17.2 Å². The second kappa shape index (κ2) is 21.7. The van der Waals surface area contributed by atoms with Gasteiger partial charge in [-0.15, -0.1) is 0 Å². The molecule has 69 heavy (non-hydrogen) atoms. The highest BCUT2D eigenvalue weighted by Crippen LogP contribution is 2.37. The van der Waals surface area contributed by atoms with Gasteiger partial charge < -0.3 is 40.8 Å². The minimum atomic E-state index is -0.923. The number of halogens is 2. The standard InChI is InChI=1S/C51H40Cl2N6O10/c1-4-69-44-19-10-8-17-42(44)56-51(64)38-27-32(52)28-39(53)46(38)58-48(61)31-24-30(25-33(26-31)59(65)66)35-13-11-14-37(45(35)57-47(60)29-20-22-34(67-2)23-21-29)50(63)54-40-15-6-5-12-36(40)49(62)55-41-16-7-9-18-43(41)68-3/h5-28H,4H2,1-3H3,(H,54,63)(H,55,62)(H,56,64)(H,57,60)(H,58,61). The summed E-state index contributed by atoms with van der Waals surface area (Å²) in [7, 11) is 2.93. The van der Waals surface area contributed by atoms with Gasteiger partial charge in [-0.25, -0.2) is 0 Å². The van der Waals surface area contributed by atoms with Gasteiger partial charge in [-0.1, -0.05) is 71.7 Å². The van der Waals surface area contributed by atoms with Crippen molar-refractivity contribution in [1.82, 2.24) is 0 Å². The van der Waals surface area contributed by atoms with Gasteiger partial charge in [0.05, 0.1) is 75.9 Å². The van der Waals surface area contributed by atoms with E-state index in [2.05, 4.69) is 26.6 Å². The van der Waals surface area contributed by atoms with Gasteiger partial charge >= 0.3 is 0 Å². The summed E-state index contributed by atoms with van der Waals surface area (Å²) in [5.41, 5.74) is -0.162. The van der Waals surface area contributed by atoms with Crippen LogP contribution in [0.3, 0.4) is 0 Å². The summed E-state index contributed by atoms with van der Waals surface area (Å²) in [5.74, 6) is -2.40. The van der Waals surface area contributed by atoms with Gasteiger partial charge in [0.1, 0.15) is 17.2 Å². The first-order chi connectivity index (χ1) is 33.3. The van der Waals surface area contributed by atoms with Crippen molar-refractivity contribution in [1.29, 1.82) is 0 Å². The summed E-state index contributed by atoms with van der Waals surface area (Å²) >= 11 is 12.9. The zero-order valence-corrected chi connectivity index (χ0v) is 38.4. The van der Waals surface area contributed by atoms with Crippen LogP contribution in [0.25, 0.3) is 11.1 Å². The van der Waals surface area contributed by atoms with Gasteiger partial charge in [0, 0.05) is 33.8 Å². The molecule has 7 rings (SSSR count). The fourth-order valence-electron chi connectivity index (χ4n) is 7.07. The molecule has 5 amide bonds. The molecule has 5 N–H and O–H groups in total. The maximum Gasteiger partial charge on any atom is 0.270 e. The lowest BCUT2D eigenvalue weighted by molar-refractivity contribution is -0.384. The van der Waals surface area contributed by atoms with Crippen molar-refractivity contribution in [2.75, 3.05) is 47.4 Å². The van der Waals surface area contributed by atoms with Gasteiger partial charge in [-0.05, 0) is 97.4 Å². The summed E-state index contributed by atoms with van der Waals surface area (Å²) in [6.45, 7) is 2.10. The quantitative estimate of drug-likeness (QED) is 0.0456. The number of hydrogen-bond donors (Lipinski definition) is 5. The Labute approximate surface area is 404 Å². The number of nitrogens with one attached hydrogen (secondary N) is 5. The van der Waals surface area contributed by atoms with Crippen LogP contribution >= 0.6 is 23.2 Å². The number of carbonyl (C=O) groups is 5. The third-order valence-corrected chi connectivity index (χ3v) is 10.9. The maximum absolute atomic E-state index is 14.5. The molecule has 0 aliphatic rings. The number of benzene rings is 7. The Balaban J connectivity index is 1.28. The number of para-hydroxylation sites is 6. The van der Waals surface area contributed by atoms with E-state index < -0.39 is 40.1 Å². The number of nitro groups is 1. The predicted octanol–water partition coefficient (Wildman–Crippen LogP) is 11.2. The summed E-state index contributed by atoms with van der Waals surface area (Å²) in [6, 6.07) is 36.3. The Morgan fingerprint density at radius 2 is 1.10 bits per heavy atom. The Morgan fingerprint density at radius 1 is 0.536 bits per heavy atom. The molecule has 0 unspecified atom stereocenters. The smallest absolute Gasteiger partial charge is 0.270 e. The number of amides is 5. The molecule has 0 fully saturated rings. The number of nitro benzene ring substituents is 1. The van der Waals surface area contributed by atoms with Gasteiger partial charge in [0.15, 0.2) is 0 Å². The summed E-state index contributed by atoms with van der Waals surface area (Å²) in [4.78, 5) is 81.9. The van der Waals surface area contributed by atoms with E-state index in [-0.39, 0.29) is 66.1 Å². The molecule has 0 heterocycles. The van der Waals surface area contributed by atoms with Crippen molar-refractivity contribution in [3.8, 4) is 28.4 Å². The third kappa shape index (κ3) is 11.3. The number of nitrogens with zero attached hydrogens (tertiary/aromatic N) is 1. The molecule has 0 saturated heterocycles. The number of ether oxygens (including phenoxy) is 3. The molecule has 0 spiro atoms. The molecular weight excluding hydrogens is 927 g/mol. The fourth-order valence-corrected chi connectivity index (χ4v) is 7.61. The van der Waals surface area contributed by atoms with E-state index in [4.69, 9.17) is 37.4 Å². The lowest BCUT2D eigenvalue weighted by atomic mass is 9.96. The first kappa shape index (κ1) is 48.2. The summed E-state index contributed by atoms with van der Waals surface area (Å²) < 4.78 is 16.3. The average Bonchev–Trinajstić information content (AvgIpc) is 3.35. The average molecular weight is 968 g/mol. The van der Waals surface area contributed by atoms with Crippen LogP contribution in [0.2, 0.25) is 10.0 Å². The Hall–Kier alpha value is -8.73. The molecule has 18 heteroatoms. The molecule has 7 aromatic rings. The zero-order chi connectivity index (χ0) is 49.2. The first-order valence-corrected chi connectivity index (χ1v) is 21.6. The topological polar surface area (TPSA) is 216 Å². The highest BCUT2D eigenvalue weighted by Gasteiger charge is 2.26. The summed E-state index contributed by atoms with van der Waals surface area (Å²) in [5, 5.41) is 26.2. The van der Waals surface area contributed by atoms with Crippen LogP contribution in [-0.4, -0.2) is 55.3 Å². The number of hydrogen-bond acceptors (Lipinski definition) is 10. The van der Waals surface area contributed by atoms with Gasteiger partial charge in [-0.3, -0.25) is 34.1 Å². The van der Waals surface area contributed by atoms with Crippen LogP contribution in [-0.2, 0) is 0 Å². The largest absolute Gasteiger partial charge is 0.497 e.